The maximum Gasteiger partial charge on any atom is 0.189 e. The molecule has 1 saturated heterocycles. The van der Waals surface area contributed by atoms with Gasteiger partial charge in [0.2, 0.25) is 0 Å². The lowest BCUT2D eigenvalue weighted by Gasteiger charge is -2.30. The van der Waals surface area contributed by atoms with E-state index in [2.05, 4.69) is 24.3 Å². The Morgan fingerprint density at radius 1 is 1.00 bits per heavy atom. The zero-order chi connectivity index (χ0) is 14.7. The van der Waals surface area contributed by atoms with Crippen LogP contribution in [0.25, 0.3) is 0 Å². The van der Waals surface area contributed by atoms with Crippen LogP contribution in [0.3, 0.4) is 0 Å². The Kier molecular flexibility index (Phi) is 5.75. The van der Waals surface area contributed by atoms with Gasteiger partial charge in [0.15, 0.2) is 5.96 Å². The van der Waals surface area contributed by atoms with Gasteiger partial charge in [-0.15, -0.1) is 24.2 Å². The Bertz CT molecular complexity index is 606. The van der Waals surface area contributed by atoms with Crippen LogP contribution in [0.15, 0.2) is 65.6 Å². The second-order valence-electron chi connectivity index (χ2n) is 5.18. The monoisotopic (exact) mass is 333 g/mol. The Labute approximate surface area is 141 Å². The van der Waals surface area contributed by atoms with Gasteiger partial charge in [-0.1, -0.05) is 48.5 Å². The number of rotatable bonds is 3. The lowest BCUT2D eigenvalue weighted by molar-refractivity contribution is 0.374. The molecule has 1 aliphatic rings. The van der Waals surface area contributed by atoms with E-state index >= 15 is 0 Å². The molecule has 0 aliphatic carbocycles. The molecule has 1 aliphatic heterocycles. The normalized spacial score (nSPS) is 20.5. The first kappa shape index (κ1) is 16.7. The van der Waals surface area contributed by atoms with Gasteiger partial charge in [-0.05, 0) is 30.5 Å². The van der Waals surface area contributed by atoms with Gasteiger partial charge in [0, 0.05) is 4.90 Å². The van der Waals surface area contributed by atoms with Crippen molar-refractivity contribution < 1.29 is 0 Å². The number of nitrogens with zero attached hydrogens (tertiary/aromatic N) is 1. The molecule has 3 N–H and O–H groups in total. The van der Waals surface area contributed by atoms with E-state index < -0.39 is 0 Å². The summed E-state index contributed by atoms with van der Waals surface area (Å²) in [7, 11) is 0. The average molecular weight is 334 g/mol. The lowest BCUT2D eigenvalue weighted by Crippen LogP contribution is -2.40. The number of thioether (sulfide) groups is 1. The second kappa shape index (κ2) is 7.56. The molecule has 1 heterocycles. The maximum atomic E-state index is 7.96. The van der Waals surface area contributed by atoms with Gasteiger partial charge in [0.25, 0.3) is 0 Å². The highest BCUT2D eigenvalue weighted by Crippen LogP contribution is 2.42. The van der Waals surface area contributed by atoms with Crippen molar-refractivity contribution in [3.63, 3.8) is 0 Å². The fourth-order valence-electron chi connectivity index (χ4n) is 2.88. The van der Waals surface area contributed by atoms with Crippen LogP contribution >= 0.6 is 24.2 Å². The molecule has 2 unspecified atom stereocenters. The number of nitrogens with one attached hydrogen (secondary N) is 1. The molecule has 5 heteroatoms. The molecular weight excluding hydrogens is 314 g/mol. The highest BCUT2D eigenvalue weighted by molar-refractivity contribution is 7.99. The summed E-state index contributed by atoms with van der Waals surface area (Å²) in [5.41, 5.74) is 7.11. The van der Waals surface area contributed by atoms with Crippen LogP contribution in [-0.2, 0) is 0 Å². The molecule has 2 aromatic rings. The standard InChI is InChI=1S/C17H19N3S.ClH/c18-17(19)20-15(13-7-3-1-4-8-13)11-12-16(20)21-14-9-5-2-6-10-14;/h1-10,15-16H,11-12H2,(H3,18,19);1H. The largest absolute Gasteiger partial charge is 0.370 e. The third-order valence-corrected chi connectivity index (χ3v) is 5.09. The summed E-state index contributed by atoms with van der Waals surface area (Å²) in [5, 5.41) is 8.19. The van der Waals surface area contributed by atoms with Crippen LogP contribution < -0.4 is 5.73 Å². The number of hydrogen-bond donors (Lipinski definition) is 2. The SMILES string of the molecule is Cl.N=C(N)N1C(Sc2ccccc2)CCC1c1ccccc1. The first-order valence-electron chi connectivity index (χ1n) is 7.15. The Balaban J connectivity index is 0.00000176. The molecule has 2 aromatic carbocycles. The molecule has 0 amide bonds. The van der Waals surface area contributed by atoms with E-state index in [0.717, 1.165) is 12.8 Å². The quantitative estimate of drug-likeness (QED) is 0.652. The Morgan fingerprint density at radius 2 is 1.59 bits per heavy atom. The topological polar surface area (TPSA) is 53.1 Å². The van der Waals surface area contributed by atoms with Crippen molar-refractivity contribution in [1.82, 2.24) is 4.90 Å². The maximum absolute atomic E-state index is 7.96. The zero-order valence-corrected chi connectivity index (χ0v) is 13.8. The molecule has 116 valence electrons. The summed E-state index contributed by atoms with van der Waals surface area (Å²) >= 11 is 1.79. The molecule has 3 rings (SSSR count). The van der Waals surface area contributed by atoms with E-state index in [9.17, 15) is 0 Å². The van der Waals surface area contributed by atoms with Crippen LogP contribution in [0.2, 0.25) is 0 Å². The molecule has 3 nitrogen and oxygen atoms in total. The third kappa shape index (κ3) is 3.57. The van der Waals surface area contributed by atoms with Crippen LogP contribution in [0.5, 0.6) is 0 Å². The number of nitrogens with two attached hydrogens (primary N) is 1. The summed E-state index contributed by atoms with van der Waals surface area (Å²) < 4.78 is 0. The van der Waals surface area contributed by atoms with Crippen molar-refractivity contribution in [2.45, 2.75) is 29.2 Å². The number of halogens is 1. The fraction of sp³-hybridized carbons (Fsp3) is 0.235. The first-order chi connectivity index (χ1) is 10.3. The van der Waals surface area contributed by atoms with Gasteiger partial charge in [-0.2, -0.15) is 0 Å². The number of benzene rings is 2. The van der Waals surface area contributed by atoms with Gasteiger partial charge in [-0.25, -0.2) is 0 Å². The van der Waals surface area contributed by atoms with Gasteiger partial charge < -0.3 is 10.6 Å². The molecule has 1 fully saturated rings. The zero-order valence-electron chi connectivity index (χ0n) is 12.2. The van der Waals surface area contributed by atoms with E-state index in [1.807, 2.05) is 41.3 Å². The molecular formula is C17H20ClN3S. The molecule has 0 radical (unpaired) electrons. The molecule has 0 aromatic heterocycles. The first-order valence-corrected chi connectivity index (χ1v) is 8.02. The minimum Gasteiger partial charge on any atom is -0.370 e. The summed E-state index contributed by atoms with van der Waals surface area (Å²) in [4.78, 5) is 3.27. The Hall–Kier alpha value is -1.65. The smallest absolute Gasteiger partial charge is 0.189 e. The van der Waals surface area contributed by atoms with Crippen LogP contribution in [0, 0.1) is 5.41 Å². The molecule has 0 bridgehead atoms. The van der Waals surface area contributed by atoms with E-state index in [4.69, 9.17) is 11.1 Å². The average Bonchev–Trinajstić information content (AvgIpc) is 2.93. The van der Waals surface area contributed by atoms with Gasteiger partial charge >= 0.3 is 0 Å². The highest BCUT2D eigenvalue weighted by atomic mass is 35.5. The summed E-state index contributed by atoms with van der Waals surface area (Å²) in [6, 6.07) is 20.9. The van der Waals surface area contributed by atoms with Crippen molar-refractivity contribution in [2.24, 2.45) is 5.73 Å². The van der Waals surface area contributed by atoms with E-state index in [-0.39, 0.29) is 29.8 Å². The number of likely N-dealkylation sites (tertiary alicyclic amines) is 1. The van der Waals surface area contributed by atoms with Crippen molar-refractivity contribution in [1.29, 1.82) is 5.41 Å². The lowest BCUT2D eigenvalue weighted by atomic mass is 10.1. The summed E-state index contributed by atoms with van der Waals surface area (Å²) in [6.45, 7) is 0. The van der Waals surface area contributed by atoms with Crippen LogP contribution in [0.1, 0.15) is 24.4 Å². The van der Waals surface area contributed by atoms with Crippen molar-refractivity contribution in [3.8, 4) is 0 Å². The second-order valence-corrected chi connectivity index (χ2v) is 6.43. The number of guanidine groups is 1. The van der Waals surface area contributed by atoms with Crippen molar-refractivity contribution >= 4 is 30.1 Å². The van der Waals surface area contributed by atoms with Gasteiger partial charge in [-0.3, -0.25) is 5.41 Å². The van der Waals surface area contributed by atoms with Crippen molar-refractivity contribution in [3.05, 3.63) is 66.2 Å². The van der Waals surface area contributed by atoms with E-state index in [1.165, 1.54) is 10.5 Å². The van der Waals surface area contributed by atoms with Gasteiger partial charge in [0.1, 0.15) is 0 Å². The minimum atomic E-state index is 0. The Morgan fingerprint density at radius 3 is 2.18 bits per heavy atom. The minimum absolute atomic E-state index is 0. The molecule has 2 atom stereocenters. The summed E-state index contributed by atoms with van der Waals surface area (Å²) in [6.07, 6.45) is 2.08. The molecule has 22 heavy (non-hydrogen) atoms. The third-order valence-electron chi connectivity index (χ3n) is 3.81. The van der Waals surface area contributed by atoms with Crippen LogP contribution in [0.4, 0.5) is 0 Å². The van der Waals surface area contributed by atoms with E-state index in [1.54, 1.807) is 11.8 Å². The predicted octanol–water partition coefficient (Wildman–Crippen LogP) is 4.26. The molecule has 0 saturated carbocycles. The number of hydrogen-bond acceptors (Lipinski definition) is 2. The van der Waals surface area contributed by atoms with Crippen molar-refractivity contribution in [2.75, 3.05) is 0 Å². The van der Waals surface area contributed by atoms with Crippen LogP contribution in [-0.4, -0.2) is 16.2 Å². The highest BCUT2D eigenvalue weighted by Gasteiger charge is 2.35. The summed E-state index contributed by atoms with van der Waals surface area (Å²) in [5.74, 6) is 0.162. The predicted molar refractivity (Wildman–Crippen MR) is 95.5 cm³/mol. The molecule has 0 spiro atoms. The van der Waals surface area contributed by atoms with E-state index in [0.29, 0.717) is 0 Å². The van der Waals surface area contributed by atoms with Gasteiger partial charge in [0.05, 0.1) is 11.4 Å². The fourth-order valence-corrected chi connectivity index (χ4v) is 4.13.